The summed E-state index contributed by atoms with van der Waals surface area (Å²) in [4.78, 5) is 15.1. The number of hydrogen-bond acceptors (Lipinski definition) is 3. The Hall–Kier alpha value is -1.70. The van der Waals surface area contributed by atoms with E-state index in [1.165, 1.54) is 9.87 Å². The molecule has 29 heavy (non-hydrogen) atoms. The molecule has 0 unspecified atom stereocenters. The second-order valence-corrected chi connectivity index (χ2v) is 10.2. The number of fused-ring (bicyclic) bond motifs is 1. The fourth-order valence-electron chi connectivity index (χ4n) is 3.89. The first-order valence-corrected chi connectivity index (χ1v) is 12.2. The smallest absolute Gasteiger partial charge is 0.243 e. The normalized spacial score (nSPS) is 16.3. The largest absolute Gasteiger partial charge is 0.309 e. The van der Waals surface area contributed by atoms with Crippen molar-refractivity contribution >= 4 is 37.5 Å². The van der Waals surface area contributed by atoms with Gasteiger partial charge in [0.1, 0.15) is 0 Å². The van der Waals surface area contributed by atoms with E-state index < -0.39 is 10.0 Å². The second-order valence-electron chi connectivity index (χ2n) is 7.32. The van der Waals surface area contributed by atoms with Crippen molar-refractivity contribution in [3.05, 3.63) is 58.1 Å². The molecule has 2 aromatic rings. The third-order valence-corrected chi connectivity index (χ3v) is 7.98. The summed E-state index contributed by atoms with van der Waals surface area (Å²) < 4.78 is 27.6. The zero-order chi connectivity index (χ0) is 21.2. The molecule has 7 heteroatoms. The first-order valence-electron chi connectivity index (χ1n) is 9.97. The van der Waals surface area contributed by atoms with Crippen molar-refractivity contribution in [2.24, 2.45) is 0 Å². The highest BCUT2D eigenvalue weighted by Crippen LogP contribution is 2.34. The number of nitrogens with zero attached hydrogens (tertiary/aromatic N) is 2. The van der Waals surface area contributed by atoms with E-state index in [0.29, 0.717) is 30.8 Å². The Bertz CT molecular complexity index is 986. The standard InChI is InChI=1S/C22H27BrN2O3S/c1-4-24(5-2)29(27,28)20-10-6-17(7-11-20)8-13-22(26)25-16(3)14-18-15-19(23)9-12-21(18)25/h6-7,9-12,15-16H,4-5,8,13-14H2,1-3H3/t16-/m1/s1. The minimum absolute atomic E-state index is 0.0958. The van der Waals surface area contributed by atoms with E-state index in [2.05, 4.69) is 28.9 Å². The molecule has 0 aliphatic carbocycles. The van der Waals surface area contributed by atoms with Gasteiger partial charge in [-0.15, -0.1) is 0 Å². The average Bonchev–Trinajstić information content (AvgIpc) is 3.02. The van der Waals surface area contributed by atoms with E-state index in [-0.39, 0.29) is 11.9 Å². The molecule has 0 aromatic heterocycles. The van der Waals surface area contributed by atoms with Gasteiger partial charge in [-0.1, -0.05) is 41.9 Å². The molecule has 0 fully saturated rings. The highest BCUT2D eigenvalue weighted by atomic mass is 79.9. The summed E-state index contributed by atoms with van der Waals surface area (Å²) in [6, 6.07) is 13.1. The van der Waals surface area contributed by atoms with E-state index in [1.807, 2.05) is 43.0 Å². The molecule has 0 N–H and O–H groups in total. The Kier molecular flexibility index (Phi) is 6.81. The molecule has 1 aliphatic heterocycles. The van der Waals surface area contributed by atoms with Crippen molar-refractivity contribution in [3.63, 3.8) is 0 Å². The molecule has 3 rings (SSSR count). The van der Waals surface area contributed by atoms with Crippen LogP contribution in [0.15, 0.2) is 51.8 Å². The van der Waals surface area contributed by atoms with Crippen molar-refractivity contribution in [1.82, 2.24) is 4.31 Å². The lowest BCUT2D eigenvalue weighted by Crippen LogP contribution is -2.35. The third-order valence-electron chi connectivity index (χ3n) is 5.42. The van der Waals surface area contributed by atoms with Gasteiger partial charge < -0.3 is 4.90 Å². The molecule has 0 spiro atoms. The van der Waals surface area contributed by atoms with Crippen LogP contribution >= 0.6 is 15.9 Å². The summed E-state index contributed by atoms with van der Waals surface area (Å²) in [5.74, 6) is 0.0958. The van der Waals surface area contributed by atoms with Gasteiger partial charge in [-0.2, -0.15) is 4.31 Å². The SMILES string of the molecule is CCN(CC)S(=O)(=O)c1ccc(CCC(=O)N2c3ccc(Br)cc3C[C@H]2C)cc1. The van der Waals surface area contributed by atoms with Gasteiger partial charge >= 0.3 is 0 Å². The maximum absolute atomic E-state index is 12.9. The van der Waals surface area contributed by atoms with Crippen LogP contribution in [0.2, 0.25) is 0 Å². The van der Waals surface area contributed by atoms with Crippen molar-refractivity contribution in [1.29, 1.82) is 0 Å². The van der Waals surface area contributed by atoms with Gasteiger partial charge in [0.2, 0.25) is 15.9 Å². The number of halogens is 1. The van der Waals surface area contributed by atoms with Gasteiger partial charge in [0.05, 0.1) is 4.90 Å². The molecule has 0 radical (unpaired) electrons. The summed E-state index contributed by atoms with van der Waals surface area (Å²) in [6.45, 7) is 6.62. The summed E-state index contributed by atoms with van der Waals surface area (Å²) in [5.41, 5.74) is 3.14. The highest BCUT2D eigenvalue weighted by molar-refractivity contribution is 9.10. The molecule has 156 valence electrons. The molecule has 1 aliphatic rings. The van der Waals surface area contributed by atoms with Crippen LogP contribution in [0.5, 0.6) is 0 Å². The lowest BCUT2D eigenvalue weighted by molar-refractivity contribution is -0.118. The zero-order valence-corrected chi connectivity index (χ0v) is 19.5. The minimum Gasteiger partial charge on any atom is -0.309 e. The maximum Gasteiger partial charge on any atom is 0.243 e. The van der Waals surface area contributed by atoms with Crippen molar-refractivity contribution < 1.29 is 13.2 Å². The number of carbonyl (C=O) groups is 1. The number of benzene rings is 2. The summed E-state index contributed by atoms with van der Waals surface area (Å²) >= 11 is 3.49. The fraction of sp³-hybridized carbons (Fsp3) is 0.409. The number of anilines is 1. The van der Waals surface area contributed by atoms with Crippen LogP contribution < -0.4 is 4.90 Å². The van der Waals surface area contributed by atoms with Crippen molar-refractivity contribution in [2.75, 3.05) is 18.0 Å². The van der Waals surface area contributed by atoms with Crippen LogP contribution in [0.1, 0.15) is 38.3 Å². The minimum atomic E-state index is -3.45. The van der Waals surface area contributed by atoms with E-state index in [1.54, 1.807) is 12.1 Å². The Balaban J connectivity index is 1.67. The van der Waals surface area contributed by atoms with Gasteiger partial charge in [-0.25, -0.2) is 8.42 Å². The van der Waals surface area contributed by atoms with E-state index >= 15 is 0 Å². The van der Waals surface area contributed by atoms with Crippen LogP contribution in [0, 0.1) is 0 Å². The molecule has 1 atom stereocenters. The van der Waals surface area contributed by atoms with Crippen LogP contribution in [0.25, 0.3) is 0 Å². The van der Waals surface area contributed by atoms with Gasteiger partial charge in [-0.05, 0) is 61.2 Å². The number of amides is 1. The molecular formula is C22H27BrN2O3S. The Morgan fingerprint density at radius 2 is 1.79 bits per heavy atom. The first-order chi connectivity index (χ1) is 13.8. The highest BCUT2D eigenvalue weighted by Gasteiger charge is 2.30. The second kappa shape index (κ2) is 8.98. The van der Waals surface area contributed by atoms with E-state index in [4.69, 9.17) is 0 Å². The summed E-state index contributed by atoms with van der Waals surface area (Å²) in [5, 5.41) is 0. The molecule has 0 saturated heterocycles. The molecule has 0 bridgehead atoms. The average molecular weight is 479 g/mol. The van der Waals surface area contributed by atoms with Crippen LogP contribution in [0.4, 0.5) is 5.69 Å². The zero-order valence-electron chi connectivity index (χ0n) is 17.1. The summed E-state index contributed by atoms with van der Waals surface area (Å²) in [7, 11) is -3.45. The predicted molar refractivity (Wildman–Crippen MR) is 120 cm³/mol. The van der Waals surface area contributed by atoms with Gasteiger partial charge in [-0.3, -0.25) is 4.79 Å². The number of hydrogen-bond donors (Lipinski definition) is 0. The first kappa shape index (κ1) is 22.0. The Labute approximate surface area is 181 Å². The fourth-order valence-corrected chi connectivity index (χ4v) is 5.76. The quantitative estimate of drug-likeness (QED) is 0.592. The third kappa shape index (κ3) is 4.57. The van der Waals surface area contributed by atoms with Crippen LogP contribution in [0.3, 0.4) is 0 Å². The lowest BCUT2D eigenvalue weighted by Gasteiger charge is -2.23. The molecular weight excluding hydrogens is 452 g/mol. The molecule has 0 saturated carbocycles. The van der Waals surface area contributed by atoms with Gasteiger partial charge in [0.15, 0.2) is 0 Å². The van der Waals surface area contributed by atoms with Gasteiger partial charge in [0, 0.05) is 35.7 Å². The Morgan fingerprint density at radius 3 is 2.41 bits per heavy atom. The molecule has 1 heterocycles. The molecule has 2 aromatic carbocycles. The van der Waals surface area contributed by atoms with Gasteiger partial charge in [0.25, 0.3) is 0 Å². The predicted octanol–water partition coefficient (Wildman–Crippen LogP) is 4.39. The monoisotopic (exact) mass is 478 g/mol. The number of sulfonamides is 1. The van der Waals surface area contributed by atoms with Crippen molar-refractivity contribution in [3.8, 4) is 0 Å². The number of rotatable bonds is 7. The van der Waals surface area contributed by atoms with Crippen LogP contribution in [-0.4, -0.2) is 37.8 Å². The summed E-state index contributed by atoms with van der Waals surface area (Å²) in [6.07, 6.45) is 1.83. The number of aryl methyl sites for hydroxylation is 1. The number of carbonyl (C=O) groups excluding carboxylic acids is 1. The maximum atomic E-state index is 12.9. The van der Waals surface area contributed by atoms with Crippen LogP contribution in [-0.2, 0) is 27.7 Å². The van der Waals surface area contributed by atoms with E-state index in [0.717, 1.165) is 22.1 Å². The lowest BCUT2D eigenvalue weighted by atomic mass is 10.1. The Morgan fingerprint density at radius 1 is 1.14 bits per heavy atom. The molecule has 1 amide bonds. The molecule has 5 nitrogen and oxygen atoms in total. The van der Waals surface area contributed by atoms with Crippen molar-refractivity contribution in [2.45, 2.75) is 51.0 Å². The topological polar surface area (TPSA) is 57.7 Å². The van der Waals surface area contributed by atoms with E-state index in [9.17, 15) is 13.2 Å².